The van der Waals surface area contributed by atoms with Crippen LogP contribution >= 0.6 is 11.3 Å². The first-order chi connectivity index (χ1) is 12.3. The molecular weight excluding hydrogens is 378 g/mol. The smallest absolute Gasteiger partial charge is 0.355 e. The third-order valence-electron chi connectivity index (χ3n) is 4.01. The molecule has 0 aliphatic carbocycles. The van der Waals surface area contributed by atoms with E-state index in [0.717, 1.165) is 11.3 Å². The van der Waals surface area contributed by atoms with Gasteiger partial charge >= 0.3 is 5.97 Å². The molecule has 0 radical (unpaired) electrons. The van der Waals surface area contributed by atoms with Gasteiger partial charge in [0.05, 0.1) is 18.0 Å². The van der Waals surface area contributed by atoms with Crippen LogP contribution in [-0.2, 0) is 16.6 Å². The summed E-state index contributed by atoms with van der Waals surface area (Å²) in [4.78, 5) is 27.1. The number of carboxylic acid groups (broad SMARTS) is 1. The molecule has 2 aromatic rings. The molecule has 8 nitrogen and oxygen atoms in total. The summed E-state index contributed by atoms with van der Waals surface area (Å²) in [6, 6.07) is 4.90. The second kappa shape index (κ2) is 7.04. The Bertz CT molecular complexity index is 968. The summed E-state index contributed by atoms with van der Waals surface area (Å²) in [5.41, 5.74) is 1.60. The standard InChI is InChI=1S/C16H17N3O5S2/c1-10-7-11(19-5-2-6-26(19,23)24)3-4-12(10)15(20)17-8-14-18-13(9-25-14)16(21)22/h3-4,7,9H,2,5-6,8H2,1H3,(H,17,20)(H,21,22). The minimum Gasteiger partial charge on any atom is -0.476 e. The molecule has 0 atom stereocenters. The lowest BCUT2D eigenvalue weighted by Gasteiger charge is -2.18. The number of aromatic nitrogens is 1. The van der Waals surface area contributed by atoms with Crippen molar-refractivity contribution in [1.82, 2.24) is 10.3 Å². The van der Waals surface area contributed by atoms with Crippen molar-refractivity contribution in [2.45, 2.75) is 19.9 Å². The summed E-state index contributed by atoms with van der Waals surface area (Å²) in [6.45, 7) is 2.31. The van der Waals surface area contributed by atoms with Crippen LogP contribution in [0.15, 0.2) is 23.6 Å². The van der Waals surface area contributed by atoms with Crippen LogP contribution in [0.25, 0.3) is 0 Å². The van der Waals surface area contributed by atoms with Crippen LogP contribution in [0.1, 0.15) is 37.8 Å². The molecule has 0 bridgehead atoms. The van der Waals surface area contributed by atoms with Crippen molar-refractivity contribution in [2.24, 2.45) is 0 Å². The molecule has 138 valence electrons. The van der Waals surface area contributed by atoms with E-state index in [2.05, 4.69) is 10.3 Å². The number of amides is 1. The number of carbonyl (C=O) groups is 2. The molecule has 2 N–H and O–H groups in total. The number of thiazole rings is 1. The van der Waals surface area contributed by atoms with Crippen molar-refractivity contribution in [3.8, 4) is 0 Å². The third kappa shape index (κ3) is 3.70. The third-order valence-corrected chi connectivity index (χ3v) is 6.73. The molecule has 1 saturated heterocycles. The van der Waals surface area contributed by atoms with Crippen molar-refractivity contribution in [3.63, 3.8) is 0 Å². The molecule has 26 heavy (non-hydrogen) atoms. The van der Waals surface area contributed by atoms with Gasteiger partial charge < -0.3 is 10.4 Å². The van der Waals surface area contributed by atoms with Gasteiger partial charge in [0.2, 0.25) is 10.0 Å². The van der Waals surface area contributed by atoms with E-state index in [4.69, 9.17) is 5.11 Å². The largest absolute Gasteiger partial charge is 0.476 e. The van der Waals surface area contributed by atoms with Crippen molar-refractivity contribution in [3.05, 3.63) is 45.4 Å². The lowest BCUT2D eigenvalue weighted by atomic mass is 10.1. The number of nitrogens with zero attached hydrogens (tertiary/aromatic N) is 2. The Balaban J connectivity index is 1.70. The van der Waals surface area contributed by atoms with Gasteiger partial charge in [0.15, 0.2) is 5.69 Å². The first-order valence-electron chi connectivity index (χ1n) is 7.85. The first-order valence-corrected chi connectivity index (χ1v) is 10.3. The van der Waals surface area contributed by atoms with E-state index >= 15 is 0 Å². The molecule has 1 amide bonds. The molecular formula is C16H17N3O5S2. The Kier molecular flexibility index (Phi) is 4.97. The zero-order valence-corrected chi connectivity index (χ0v) is 15.6. The highest BCUT2D eigenvalue weighted by Gasteiger charge is 2.28. The van der Waals surface area contributed by atoms with E-state index < -0.39 is 16.0 Å². The van der Waals surface area contributed by atoms with Crippen LogP contribution in [0.2, 0.25) is 0 Å². The molecule has 1 aromatic heterocycles. The van der Waals surface area contributed by atoms with Gasteiger partial charge in [-0.3, -0.25) is 9.10 Å². The minimum absolute atomic E-state index is 0.0494. The number of carboxylic acids is 1. The van der Waals surface area contributed by atoms with Crippen LogP contribution in [0, 0.1) is 6.92 Å². The SMILES string of the molecule is Cc1cc(N2CCCS2(=O)=O)ccc1C(=O)NCc1nc(C(=O)O)cs1. The summed E-state index contributed by atoms with van der Waals surface area (Å²) in [6.07, 6.45) is 0.593. The zero-order valence-electron chi connectivity index (χ0n) is 13.9. The molecule has 10 heteroatoms. The van der Waals surface area contributed by atoms with E-state index in [9.17, 15) is 18.0 Å². The monoisotopic (exact) mass is 395 g/mol. The molecule has 1 aliphatic rings. The van der Waals surface area contributed by atoms with Gasteiger partial charge in [-0.1, -0.05) is 0 Å². The van der Waals surface area contributed by atoms with Gasteiger partial charge in [0.1, 0.15) is 5.01 Å². The molecule has 1 aliphatic heterocycles. The Hall–Kier alpha value is -2.46. The van der Waals surface area contributed by atoms with E-state index in [1.807, 2.05) is 0 Å². The Labute approximate surface area is 154 Å². The fourth-order valence-electron chi connectivity index (χ4n) is 2.73. The number of nitrogens with one attached hydrogen (secondary N) is 1. The van der Waals surface area contributed by atoms with Gasteiger partial charge in [-0.05, 0) is 37.1 Å². The normalized spacial score (nSPS) is 15.8. The Morgan fingerprint density at radius 2 is 2.15 bits per heavy atom. The summed E-state index contributed by atoms with van der Waals surface area (Å²) >= 11 is 1.16. The number of aromatic carboxylic acids is 1. The molecule has 0 spiro atoms. The first kappa shape index (κ1) is 18.3. The van der Waals surface area contributed by atoms with Crippen LogP contribution in [0.3, 0.4) is 0 Å². The minimum atomic E-state index is -3.26. The molecule has 1 fully saturated rings. The Morgan fingerprint density at radius 1 is 1.38 bits per heavy atom. The average Bonchev–Trinajstić information content (AvgIpc) is 3.18. The van der Waals surface area contributed by atoms with Crippen molar-refractivity contribution < 1.29 is 23.1 Å². The lowest BCUT2D eigenvalue weighted by molar-refractivity contribution is 0.0691. The van der Waals surface area contributed by atoms with Gasteiger partial charge in [0, 0.05) is 17.5 Å². The van der Waals surface area contributed by atoms with E-state index in [1.165, 1.54) is 9.69 Å². The number of sulfonamides is 1. The van der Waals surface area contributed by atoms with Crippen LogP contribution in [0.5, 0.6) is 0 Å². The summed E-state index contributed by atoms with van der Waals surface area (Å²) in [7, 11) is -3.26. The number of anilines is 1. The number of hydrogen-bond donors (Lipinski definition) is 2. The molecule has 2 heterocycles. The number of hydrogen-bond acceptors (Lipinski definition) is 6. The van der Waals surface area contributed by atoms with E-state index in [1.54, 1.807) is 25.1 Å². The highest BCUT2D eigenvalue weighted by molar-refractivity contribution is 7.93. The van der Waals surface area contributed by atoms with Crippen LogP contribution < -0.4 is 9.62 Å². The second-order valence-electron chi connectivity index (χ2n) is 5.86. The summed E-state index contributed by atoms with van der Waals surface area (Å²) in [5.74, 6) is -1.30. The lowest BCUT2D eigenvalue weighted by Crippen LogP contribution is -2.26. The molecule has 3 rings (SSSR count). The fourth-order valence-corrected chi connectivity index (χ4v) is 4.99. The highest BCUT2D eigenvalue weighted by Crippen LogP contribution is 2.26. The van der Waals surface area contributed by atoms with Crippen LogP contribution in [0.4, 0.5) is 5.69 Å². The quantitative estimate of drug-likeness (QED) is 0.795. The van der Waals surface area contributed by atoms with Gasteiger partial charge in [-0.15, -0.1) is 11.3 Å². The fraction of sp³-hybridized carbons (Fsp3) is 0.312. The molecule has 1 aromatic carbocycles. The van der Waals surface area contributed by atoms with Gasteiger partial charge in [0.25, 0.3) is 5.91 Å². The maximum Gasteiger partial charge on any atom is 0.355 e. The van der Waals surface area contributed by atoms with Crippen LogP contribution in [-0.4, -0.2) is 42.7 Å². The average molecular weight is 395 g/mol. The molecule has 0 unspecified atom stereocenters. The maximum absolute atomic E-state index is 12.4. The highest BCUT2D eigenvalue weighted by atomic mass is 32.2. The topological polar surface area (TPSA) is 117 Å². The number of carbonyl (C=O) groups excluding carboxylic acids is 1. The predicted octanol–water partition coefficient (Wildman–Crippen LogP) is 1.62. The number of benzene rings is 1. The number of rotatable bonds is 5. The maximum atomic E-state index is 12.4. The van der Waals surface area contributed by atoms with Crippen molar-refractivity contribution in [1.29, 1.82) is 0 Å². The number of aryl methyl sites for hydroxylation is 1. The summed E-state index contributed by atoms with van der Waals surface area (Å²) in [5, 5.41) is 13.5. The molecule has 0 saturated carbocycles. The van der Waals surface area contributed by atoms with E-state index in [0.29, 0.717) is 34.8 Å². The zero-order chi connectivity index (χ0) is 18.9. The second-order valence-corrected chi connectivity index (χ2v) is 8.81. The Morgan fingerprint density at radius 3 is 2.73 bits per heavy atom. The van der Waals surface area contributed by atoms with Crippen molar-refractivity contribution in [2.75, 3.05) is 16.6 Å². The predicted molar refractivity (Wildman–Crippen MR) is 97.2 cm³/mol. The van der Waals surface area contributed by atoms with Gasteiger partial charge in [-0.25, -0.2) is 18.2 Å². The van der Waals surface area contributed by atoms with Crippen molar-refractivity contribution >= 4 is 38.9 Å². The van der Waals surface area contributed by atoms with Gasteiger partial charge in [-0.2, -0.15) is 0 Å². The van der Waals surface area contributed by atoms with E-state index in [-0.39, 0.29) is 23.9 Å². The summed E-state index contributed by atoms with van der Waals surface area (Å²) < 4.78 is 25.4.